The zero-order valence-electron chi connectivity index (χ0n) is 14.6. The summed E-state index contributed by atoms with van der Waals surface area (Å²) in [5.74, 6) is -1.56. The van der Waals surface area contributed by atoms with Crippen molar-refractivity contribution in [2.75, 3.05) is 0 Å². The summed E-state index contributed by atoms with van der Waals surface area (Å²) in [5.41, 5.74) is 6.07. The maximum atomic E-state index is 14.3. The van der Waals surface area contributed by atoms with Gasteiger partial charge in [0, 0.05) is 16.7 Å². The Balaban J connectivity index is 1.65. The molecular formula is C21H16FN3O3. The van der Waals surface area contributed by atoms with Crippen LogP contribution in [-0.4, -0.2) is 23.2 Å². The van der Waals surface area contributed by atoms with E-state index in [1.165, 1.54) is 42.0 Å². The predicted molar refractivity (Wildman–Crippen MR) is 103 cm³/mol. The third-order valence-electron chi connectivity index (χ3n) is 3.97. The van der Waals surface area contributed by atoms with Crippen LogP contribution in [0.25, 0.3) is 11.1 Å². The first kappa shape index (κ1) is 18.9. The molecule has 0 aliphatic rings. The van der Waals surface area contributed by atoms with Gasteiger partial charge in [0.15, 0.2) is 0 Å². The molecule has 0 radical (unpaired) electrons. The fraction of sp³-hybridized carbons (Fsp3) is 0. The Morgan fingerprint density at radius 1 is 0.893 bits per heavy atom. The minimum absolute atomic E-state index is 0.205. The first-order valence-electron chi connectivity index (χ1n) is 8.31. The molecule has 0 aromatic heterocycles. The number of carbonyl (C=O) groups is 2. The molecule has 0 heterocycles. The van der Waals surface area contributed by atoms with Gasteiger partial charge >= 0.3 is 0 Å². The van der Waals surface area contributed by atoms with Crippen LogP contribution in [0.5, 0.6) is 0 Å². The van der Waals surface area contributed by atoms with E-state index < -0.39 is 11.8 Å². The van der Waals surface area contributed by atoms with E-state index in [2.05, 4.69) is 10.5 Å². The summed E-state index contributed by atoms with van der Waals surface area (Å²) in [4.78, 5) is 23.3. The topological polar surface area (TPSA) is 90.8 Å². The molecule has 0 saturated carbocycles. The van der Waals surface area contributed by atoms with E-state index in [0.717, 1.165) is 5.56 Å². The molecule has 140 valence electrons. The molecule has 7 heteroatoms. The van der Waals surface area contributed by atoms with Crippen LogP contribution < -0.4 is 10.9 Å². The number of hydrazone groups is 1. The van der Waals surface area contributed by atoms with Gasteiger partial charge in [-0.1, -0.05) is 42.5 Å². The van der Waals surface area contributed by atoms with Gasteiger partial charge < -0.3 is 0 Å². The molecule has 0 spiro atoms. The number of nitrogens with one attached hydrogen (secondary N) is 2. The Morgan fingerprint density at radius 3 is 2.14 bits per heavy atom. The number of halogens is 1. The number of hydrogen-bond acceptors (Lipinski definition) is 4. The molecule has 28 heavy (non-hydrogen) atoms. The average Bonchev–Trinajstić information content (AvgIpc) is 2.74. The number of benzene rings is 3. The van der Waals surface area contributed by atoms with E-state index in [1.807, 2.05) is 30.3 Å². The highest BCUT2D eigenvalue weighted by molar-refractivity contribution is 5.97. The summed E-state index contributed by atoms with van der Waals surface area (Å²) in [5, 5.41) is 12.4. The number of hydroxylamine groups is 1. The maximum absolute atomic E-state index is 14.3. The largest absolute Gasteiger partial charge is 0.288 e. The Kier molecular flexibility index (Phi) is 5.88. The van der Waals surface area contributed by atoms with Gasteiger partial charge in [0.2, 0.25) is 0 Å². The lowest BCUT2D eigenvalue weighted by molar-refractivity contribution is 0.0706. The van der Waals surface area contributed by atoms with Crippen LogP contribution in [0, 0.1) is 5.82 Å². The number of nitrogens with zero attached hydrogens (tertiary/aromatic N) is 1. The van der Waals surface area contributed by atoms with E-state index in [9.17, 15) is 14.0 Å². The lowest BCUT2D eigenvalue weighted by Gasteiger charge is -2.04. The lowest BCUT2D eigenvalue weighted by atomic mass is 10.0. The fourth-order valence-corrected chi connectivity index (χ4v) is 2.53. The Hall–Kier alpha value is -3.84. The summed E-state index contributed by atoms with van der Waals surface area (Å²) in [6.07, 6.45) is 1.34. The highest BCUT2D eigenvalue weighted by Gasteiger charge is 2.08. The standard InChI is InChI=1S/C21H16FN3O3/c22-19-12-14(6-11-18(19)15-4-2-1-3-5-15)13-23-24-20(26)16-7-9-17(10-8-16)21(27)25-28/h1-13,28H,(H,24,26)(H,25,27). The summed E-state index contributed by atoms with van der Waals surface area (Å²) < 4.78 is 14.3. The third kappa shape index (κ3) is 4.46. The monoisotopic (exact) mass is 377 g/mol. The molecule has 0 saturated heterocycles. The van der Waals surface area contributed by atoms with Gasteiger partial charge in [0.25, 0.3) is 11.8 Å². The van der Waals surface area contributed by atoms with E-state index in [4.69, 9.17) is 5.21 Å². The van der Waals surface area contributed by atoms with Gasteiger partial charge in [0.1, 0.15) is 5.82 Å². The number of hydrogen-bond donors (Lipinski definition) is 3. The second-order valence-corrected chi connectivity index (χ2v) is 5.82. The van der Waals surface area contributed by atoms with Crippen LogP contribution in [0.2, 0.25) is 0 Å². The van der Waals surface area contributed by atoms with Crippen molar-refractivity contribution in [1.29, 1.82) is 0 Å². The minimum atomic E-state index is -0.675. The van der Waals surface area contributed by atoms with Crippen LogP contribution in [-0.2, 0) is 0 Å². The molecule has 2 amide bonds. The van der Waals surface area contributed by atoms with Crippen molar-refractivity contribution in [2.24, 2.45) is 5.10 Å². The van der Waals surface area contributed by atoms with E-state index in [0.29, 0.717) is 11.1 Å². The molecule has 3 N–H and O–H groups in total. The normalized spacial score (nSPS) is 10.6. The molecule has 3 aromatic rings. The molecule has 0 aliphatic heterocycles. The second kappa shape index (κ2) is 8.70. The van der Waals surface area contributed by atoms with Crippen LogP contribution in [0.15, 0.2) is 77.9 Å². The third-order valence-corrected chi connectivity index (χ3v) is 3.97. The number of rotatable bonds is 5. The molecule has 6 nitrogen and oxygen atoms in total. The van der Waals surface area contributed by atoms with Crippen LogP contribution in [0.3, 0.4) is 0 Å². The van der Waals surface area contributed by atoms with Crippen molar-refractivity contribution >= 4 is 18.0 Å². The number of carbonyl (C=O) groups excluding carboxylic acids is 2. The second-order valence-electron chi connectivity index (χ2n) is 5.82. The van der Waals surface area contributed by atoms with Crippen molar-refractivity contribution in [3.8, 4) is 11.1 Å². The van der Waals surface area contributed by atoms with Crippen molar-refractivity contribution in [3.05, 3.63) is 95.3 Å². The predicted octanol–water partition coefficient (Wildman–Crippen LogP) is 3.38. The van der Waals surface area contributed by atoms with Crippen molar-refractivity contribution in [1.82, 2.24) is 10.9 Å². The Morgan fingerprint density at radius 2 is 1.54 bits per heavy atom. The SMILES string of the molecule is O=C(NO)c1ccc(C(=O)NN=Cc2ccc(-c3ccccc3)c(F)c2)cc1. The molecule has 0 fully saturated rings. The van der Waals surface area contributed by atoms with Gasteiger partial charge in [-0.3, -0.25) is 14.8 Å². The molecular weight excluding hydrogens is 361 g/mol. The Bertz CT molecular complexity index is 1020. The van der Waals surface area contributed by atoms with E-state index in [1.54, 1.807) is 12.1 Å². The average molecular weight is 377 g/mol. The molecule has 0 bridgehead atoms. The zero-order valence-corrected chi connectivity index (χ0v) is 14.6. The van der Waals surface area contributed by atoms with Gasteiger partial charge in [-0.15, -0.1) is 0 Å². The van der Waals surface area contributed by atoms with E-state index >= 15 is 0 Å². The lowest BCUT2D eigenvalue weighted by Crippen LogP contribution is -2.20. The summed E-state index contributed by atoms with van der Waals surface area (Å²) >= 11 is 0. The van der Waals surface area contributed by atoms with Crippen LogP contribution >= 0.6 is 0 Å². The van der Waals surface area contributed by atoms with Crippen molar-refractivity contribution in [2.45, 2.75) is 0 Å². The van der Waals surface area contributed by atoms with Gasteiger partial charge in [-0.25, -0.2) is 15.3 Å². The van der Waals surface area contributed by atoms with Crippen LogP contribution in [0.1, 0.15) is 26.3 Å². The molecule has 0 unspecified atom stereocenters. The zero-order chi connectivity index (χ0) is 19.9. The van der Waals surface area contributed by atoms with Gasteiger partial charge in [-0.2, -0.15) is 5.10 Å². The summed E-state index contributed by atoms with van der Waals surface area (Å²) in [6, 6.07) is 19.5. The molecule has 0 atom stereocenters. The van der Waals surface area contributed by atoms with Gasteiger partial charge in [-0.05, 0) is 41.5 Å². The van der Waals surface area contributed by atoms with E-state index in [-0.39, 0.29) is 16.9 Å². The van der Waals surface area contributed by atoms with Crippen molar-refractivity contribution in [3.63, 3.8) is 0 Å². The van der Waals surface area contributed by atoms with Crippen LogP contribution in [0.4, 0.5) is 4.39 Å². The Labute approximate surface area is 160 Å². The minimum Gasteiger partial charge on any atom is -0.288 e. The smallest absolute Gasteiger partial charge is 0.274 e. The fourth-order valence-electron chi connectivity index (χ4n) is 2.53. The molecule has 3 rings (SSSR count). The highest BCUT2D eigenvalue weighted by Crippen LogP contribution is 2.22. The highest BCUT2D eigenvalue weighted by atomic mass is 19.1. The molecule has 0 aliphatic carbocycles. The summed E-state index contributed by atoms with van der Waals surface area (Å²) in [7, 11) is 0. The number of amides is 2. The molecule has 3 aromatic carbocycles. The first-order valence-corrected chi connectivity index (χ1v) is 8.31. The maximum Gasteiger partial charge on any atom is 0.274 e. The first-order chi connectivity index (χ1) is 13.6. The quantitative estimate of drug-likeness (QED) is 0.362. The summed E-state index contributed by atoms with van der Waals surface area (Å²) in [6.45, 7) is 0. The van der Waals surface area contributed by atoms with Crippen molar-refractivity contribution < 1.29 is 19.2 Å². The van der Waals surface area contributed by atoms with Gasteiger partial charge in [0.05, 0.1) is 6.21 Å².